The molecule has 0 bridgehead atoms. The summed E-state index contributed by atoms with van der Waals surface area (Å²) in [5.74, 6) is -1.84. The number of pyridine rings is 1. The summed E-state index contributed by atoms with van der Waals surface area (Å²) in [5.41, 5.74) is -1.62. The number of hydrogen-bond acceptors (Lipinski definition) is 4. The van der Waals surface area contributed by atoms with Crippen LogP contribution in [0.1, 0.15) is 44.0 Å². The number of aliphatic hydroxyl groups is 1. The van der Waals surface area contributed by atoms with E-state index >= 15 is 0 Å². The molecule has 2 aromatic carbocycles. The Bertz CT molecular complexity index is 1100. The Morgan fingerprint density at radius 1 is 1.06 bits per heavy atom. The largest absolute Gasteiger partial charge is 0.505 e. The van der Waals surface area contributed by atoms with Crippen LogP contribution in [0.2, 0.25) is 0 Å². The maximum absolute atomic E-state index is 14.3. The Morgan fingerprint density at radius 2 is 1.78 bits per heavy atom. The standard InChI is InChI=1S/C24H26F4N2O2/c1-14(2)11-12-23(32,24(26,27)28)22(16-8-10-18(25)21(31)13-16)30-20-6-4-5-19-17(20)9-7-15(3)29-19/h4-10,13-14,22,30-32H,11-12H2,1-3H3. The fourth-order valence-electron chi connectivity index (χ4n) is 3.68. The Hall–Kier alpha value is -2.87. The lowest BCUT2D eigenvalue weighted by Gasteiger charge is -2.39. The van der Waals surface area contributed by atoms with Gasteiger partial charge in [0.1, 0.15) is 0 Å². The van der Waals surface area contributed by atoms with Gasteiger partial charge in [-0.25, -0.2) is 4.39 Å². The Labute approximate surface area is 183 Å². The van der Waals surface area contributed by atoms with Crippen molar-refractivity contribution < 1.29 is 27.8 Å². The molecule has 172 valence electrons. The maximum Gasteiger partial charge on any atom is 0.419 e. The van der Waals surface area contributed by atoms with Gasteiger partial charge in [-0.15, -0.1) is 0 Å². The summed E-state index contributed by atoms with van der Waals surface area (Å²) in [6.45, 7) is 5.33. The number of phenolic OH excluding ortho intramolecular Hbond substituents is 1. The lowest BCUT2D eigenvalue weighted by Crippen LogP contribution is -2.52. The monoisotopic (exact) mass is 450 g/mol. The highest BCUT2D eigenvalue weighted by atomic mass is 19.4. The molecule has 0 saturated heterocycles. The van der Waals surface area contributed by atoms with Gasteiger partial charge in [0.15, 0.2) is 17.2 Å². The van der Waals surface area contributed by atoms with Gasteiger partial charge in [-0.1, -0.05) is 26.0 Å². The first-order chi connectivity index (χ1) is 14.9. The van der Waals surface area contributed by atoms with Crippen LogP contribution in [0.5, 0.6) is 5.75 Å². The maximum atomic E-state index is 14.3. The number of anilines is 1. The number of halogens is 4. The molecule has 3 N–H and O–H groups in total. The van der Waals surface area contributed by atoms with Gasteiger partial charge >= 0.3 is 6.18 Å². The number of fused-ring (bicyclic) bond motifs is 1. The van der Waals surface area contributed by atoms with Gasteiger partial charge in [-0.3, -0.25) is 4.98 Å². The molecule has 0 spiro atoms. The van der Waals surface area contributed by atoms with E-state index in [1.54, 1.807) is 51.1 Å². The lowest BCUT2D eigenvalue weighted by atomic mass is 9.82. The first kappa shape index (κ1) is 23.8. The van der Waals surface area contributed by atoms with Crippen LogP contribution in [-0.4, -0.2) is 27.0 Å². The molecule has 0 amide bonds. The number of aromatic hydroxyl groups is 1. The van der Waals surface area contributed by atoms with Gasteiger partial charge in [0.05, 0.1) is 11.6 Å². The Balaban J connectivity index is 2.17. The molecule has 32 heavy (non-hydrogen) atoms. The van der Waals surface area contributed by atoms with E-state index < -0.39 is 35.8 Å². The molecular weight excluding hydrogens is 424 g/mol. The molecule has 2 unspecified atom stereocenters. The molecule has 4 nitrogen and oxygen atoms in total. The molecule has 8 heteroatoms. The number of phenols is 1. The van der Waals surface area contributed by atoms with Gasteiger partial charge in [0.2, 0.25) is 0 Å². The molecule has 0 radical (unpaired) electrons. The minimum atomic E-state index is -5.00. The zero-order valence-corrected chi connectivity index (χ0v) is 18.0. The number of alkyl halides is 3. The number of nitrogens with zero attached hydrogens (tertiary/aromatic N) is 1. The third-order valence-corrected chi connectivity index (χ3v) is 5.55. The second-order valence-corrected chi connectivity index (χ2v) is 8.47. The predicted octanol–water partition coefficient (Wildman–Crippen LogP) is 6.27. The van der Waals surface area contributed by atoms with E-state index in [1.807, 2.05) is 0 Å². The fourth-order valence-corrected chi connectivity index (χ4v) is 3.68. The SMILES string of the molecule is Cc1ccc2c(NC(c3ccc(F)c(O)c3)C(O)(CCC(C)C)C(F)(F)F)cccc2n1. The number of nitrogens with one attached hydrogen (secondary N) is 1. The molecule has 0 saturated carbocycles. The van der Waals surface area contributed by atoms with Gasteiger partial charge in [0.25, 0.3) is 0 Å². The number of aryl methyl sites for hydroxylation is 1. The molecule has 2 atom stereocenters. The topological polar surface area (TPSA) is 65.4 Å². The summed E-state index contributed by atoms with van der Waals surface area (Å²) in [6.07, 6.45) is -5.47. The van der Waals surface area contributed by atoms with Crippen molar-refractivity contribution in [3.63, 3.8) is 0 Å². The van der Waals surface area contributed by atoms with Crippen LogP contribution in [0.15, 0.2) is 48.5 Å². The normalized spacial score (nSPS) is 15.0. The van der Waals surface area contributed by atoms with Gasteiger partial charge in [-0.2, -0.15) is 13.2 Å². The van der Waals surface area contributed by atoms with Crippen molar-refractivity contribution >= 4 is 16.6 Å². The molecule has 1 heterocycles. The molecule has 1 aromatic heterocycles. The third kappa shape index (κ3) is 4.80. The summed E-state index contributed by atoms with van der Waals surface area (Å²) < 4.78 is 56.6. The van der Waals surface area contributed by atoms with E-state index in [1.165, 1.54) is 0 Å². The van der Waals surface area contributed by atoms with Crippen molar-refractivity contribution in [1.29, 1.82) is 0 Å². The first-order valence-corrected chi connectivity index (χ1v) is 10.3. The zero-order valence-electron chi connectivity index (χ0n) is 18.0. The van der Waals surface area contributed by atoms with Crippen LogP contribution in [0, 0.1) is 18.7 Å². The summed E-state index contributed by atoms with van der Waals surface area (Å²) in [6, 6.07) is 9.67. The summed E-state index contributed by atoms with van der Waals surface area (Å²) in [5, 5.41) is 24.3. The molecule has 0 aliphatic heterocycles. The van der Waals surface area contributed by atoms with Crippen molar-refractivity contribution in [2.75, 3.05) is 5.32 Å². The van der Waals surface area contributed by atoms with Crippen molar-refractivity contribution in [2.24, 2.45) is 5.92 Å². The zero-order chi connectivity index (χ0) is 23.7. The van der Waals surface area contributed by atoms with Crippen molar-refractivity contribution in [1.82, 2.24) is 4.98 Å². The van der Waals surface area contributed by atoms with Crippen LogP contribution in [0.4, 0.5) is 23.2 Å². The van der Waals surface area contributed by atoms with E-state index in [4.69, 9.17) is 0 Å². The van der Waals surface area contributed by atoms with Crippen molar-refractivity contribution in [3.05, 3.63) is 65.6 Å². The third-order valence-electron chi connectivity index (χ3n) is 5.55. The quantitative estimate of drug-likeness (QED) is 0.371. The molecule has 3 aromatic rings. The second kappa shape index (κ2) is 8.94. The number of hydrogen-bond donors (Lipinski definition) is 3. The highest BCUT2D eigenvalue weighted by Crippen LogP contribution is 2.46. The molecule has 3 rings (SSSR count). The smallest absolute Gasteiger partial charge is 0.419 e. The minimum Gasteiger partial charge on any atom is -0.505 e. The number of aromatic nitrogens is 1. The van der Waals surface area contributed by atoms with Crippen LogP contribution in [0.25, 0.3) is 10.9 Å². The Kier molecular flexibility index (Phi) is 6.64. The average molecular weight is 450 g/mol. The lowest BCUT2D eigenvalue weighted by molar-refractivity contribution is -0.270. The number of rotatable bonds is 7. The van der Waals surface area contributed by atoms with E-state index in [2.05, 4.69) is 10.3 Å². The van der Waals surface area contributed by atoms with Crippen LogP contribution in [0.3, 0.4) is 0 Å². The van der Waals surface area contributed by atoms with E-state index in [-0.39, 0.29) is 17.9 Å². The fraction of sp³-hybridized carbons (Fsp3) is 0.375. The number of benzene rings is 2. The minimum absolute atomic E-state index is 0.0872. The summed E-state index contributed by atoms with van der Waals surface area (Å²) >= 11 is 0. The predicted molar refractivity (Wildman–Crippen MR) is 116 cm³/mol. The average Bonchev–Trinajstić information content (AvgIpc) is 2.71. The highest BCUT2D eigenvalue weighted by Gasteiger charge is 2.58. The first-order valence-electron chi connectivity index (χ1n) is 10.3. The Morgan fingerprint density at radius 3 is 2.41 bits per heavy atom. The van der Waals surface area contributed by atoms with Gasteiger partial charge in [-0.05, 0) is 67.6 Å². The van der Waals surface area contributed by atoms with E-state index in [9.17, 15) is 27.8 Å². The summed E-state index contributed by atoms with van der Waals surface area (Å²) in [7, 11) is 0. The highest BCUT2D eigenvalue weighted by molar-refractivity contribution is 5.91. The van der Waals surface area contributed by atoms with Gasteiger partial charge in [0, 0.05) is 16.8 Å². The van der Waals surface area contributed by atoms with Crippen LogP contribution in [-0.2, 0) is 0 Å². The van der Waals surface area contributed by atoms with Gasteiger partial charge < -0.3 is 15.5 Å². The van der Waals surface area contributed by atoms with Crippen molar-refractivity contribution in [2.45, 2.75) is 51.4 Å². The molecule has 0 fully saturated rings. The van der Waals surface area contributed by atoms with E-state index in [0.29, 0.717) is 16.6 Å². The van der Waals surface area contributed by atoms with Crippen LogP contribution < -0.4 is 5.32 Å². The molecule has 0 aliphatic carbocycles. The van der Waals surface area contributed by atoms with E-state index in [0.717, 1.165) is 23.9 Å². The molecule has 0 aliphatic rings. The molecular formula is C24H26F4N2O2. The second-order valence-electron chi connectivity index (χ2n) is 8.47. The van der Waals surface area contributed by atoms with Crippen molar-refractivity contribution in [3.8, 4) is 5.75 Å². The summed E-state index contributed by atoms with van der Waals surface area (Å²) in [4.78, 5) is 4.40. The van der Waals surface area contributed by atoms with Crippen LogP contribution >= 0.6 is 0 Å².